The van der Waals surface area contributed by atoms with Crippen molar-refractivity contribution in [2.45, 2.75) is 24.9 Å². The van der Waals surface area contributed by atoms with Crippen LogP contribution < -0.4 is 5.32 Å². The molecule has 0 saturated carbocycles. The molecule has 1 aliphatic rings. The van der Waals surface area contributed by atoms with Crippen LogP contribution in [0.25, 0.3) is 0 Å². The molecular formula is C11H14ClFN2O. The summed E-state index contributed by atoms with van der Waals surface area (Å²) < 4.78 is 13.4. The molecule has 88 valence electrons. The number of nitrogens with one attached hydrogen (secondary N) is 1. The average molecular weight is 245 g/mol. The van der Waals surface area contributed by atoms with Crippen molar-refractivity contribution in [2.75, 3.05) is 13.1 Å². The number of pyridine rings is 1. The van der Waals surface area contributed by atoms with Gasteiger partial charge in [0, 0.05) is 18.2 Å². The van der Waals surface area contributed by atoms with Crippen molar-refractivity contribution in [3.8, 4) is 0 Å². The molecule has 1 aromatic rings. The molecule has 0 amide bonds. The molecule has 0 atom stereocenters. The molecule has 2 N–H and O–H groups in total. The van der Waals surface area contributed by atoms with Gasteiger partial charge in [-0.1, -0.05) is 11.6 Å². The minimum atomic E-state index is -0.835. The summed E-state index contributed by atoms with van der Waals surface area (Å²) in [5.41, 5.74) is -0.449. The quantitative estimate of drug-likeness (QED) is 0.776. The van der Waals surface area contributed by atoms with Gasteiger partial charge in [0.2, 0.25) is 5.95 Å². The van der Waals surface area contributed by atoms with Crippen LogP contribution in [0.3, 0.4) is 0 Å². The Hall–Kier alpha value is -0.710. The smallest absolute Gasteiger partial charge is 0.216 e. The van der Waals surface area contributed by atoms with E-state index >= 15 is 0 Å². The van der Waals surface area contributed by atoms with Gasteiger partial charge in [0.15, 0.2) is 0 Å². The van der Waals surface area contributed by atoms with Gasteiger partial charge in [-0.25, -0.2) is 4.98 Å². The molecule has 1 saturated heterocycles. The maximum absolute atomic E-state index is 13.4. The van der Waals surface area contributed by atoms with E-state index in [0.717, 1.165) is 13.1 Å². The third kappa shape index (κ3) is 2.70. The maximum Gasteiger partial charge on any atom is 0.216 e. The van der Waals surface area contributed by atoms with Gasteiger partial charge in [0.25, 0.3) is 0 Å². The molecule has 2 heterocycles. The first-order valence-electron chi connectivity index (χ1n) is 5.32. The fraction of sp³-hybridized carbons (Fsp3) is 0.545. The first-order valence-corrected chi connectivity index (χ1v) is 5.70. The average Bonchev–Trinajstić information content (AvgIpc) is 2.24. The van der Waals surface area contributed by atoms with Crippen molar-refractivity contribution in [3.05, 3.63) is 28.8 Å². The minimum absolute atomic E-state index is 0.272. The first-order chi connectivity index (χ1) is 7.59. The molecule has 1 aromatic heterocycles. The summed E-state index contributed by atoms with van der Waals surface area (Å²) in [4.78, 5) is 3.55. The normalized spacial score (nSPS) is 19.7. The highest BCUT2D eigenvalue weighted by atomic mass is 35.5. The van der Waals surface area contributed by atoms with E-state index in [-0.39, 0.29) is 6.42 Å². The molecule has 16 heavy (non-hydrogen) atoms. The van der Waals surface area contributed by atoms with Crippen LogP contribution in [-0.4, -0.2) is 28.8 Å². The highest BCUT2D eigenvalue weighted by Gasteiger charge is 2.30. The molecule has 1 fully saturated rings. The lowest BCUT2D eigenvalue weighted by atomic mass is 9.86. The van der Waals surface area contributed by atoms with Crippen molar-refractivity contribution in [1.82, 2.24) is 10.3 Å². The minimum Gasteiger partial charge on any atom is -0.389 e. The second-order valence-electron chi connectivity index (χ2n) is 4.25. The second-order valence-corrected chi connectivity index (χ2v) is 4.69. The van der Waals surface area contributed by atoms with Gasteiger partial charge in [-0.3, -0.25) is 0 Å². The summed E-state index contributed by atoms with van der Waals surface area (Å²) in [6.07, 6.45) is 2.79. The monoisotopic (exact) mass is 244 g/mol. The third-order valence-electron chi connectivity index (χ3n) is 2.93. The van der Waals surface area contributed by atoms with Gasteiger partial charge in [-0.2, -0.15) is 4.39 Å². The second kappa shape index (κ2) is 4.65. The van der Waals surface area contributed by atoms with E-state index < -0.39 is 11.5 Å². The molecule has 5 heteroatoms. The number of nitrogens with zero attached hydrogens (tertiary/aromatic N) is 1. The Kier molecular flexibility index (Phi) is 3.42. The predicted octanol–water partition coefficient (Wildman–Crippen LogP) is 1.53. The highest BCUT2D eigenvalue weighted by molar-refractivity contribution is 6.30. The van der Waals surface area contributed by atoms with E-state index in [0.29, 0.717) is 23.4 Å². The number of halogens is 2. The van der Waals surface area contributed by atoms with Crippen molar-refractivity contribution < 1.29 is 9.50 Å². The van der Waals surface area contributed by atoms with Crippen LogP contribution in [0.5, 0.6) is 0 Å². The number of hydrogen-bond acceptors (Lipinski definition) is 3. The standard InChI is InChI=1S/C11H14ClFN2O/c12-9-5-8(10(13)15-7-9)6-11(16)1-3-14-4-2-11/h5,7,14,16H,1-4,6H2. The van der Waals surface area contributed by atoms with E-state index in [2.05, 4.69) is 10.3 Å². The predicted molar refractivity (Wildman–Crippen MR) is 60.0 cm³/mol. The highest BCUT2D eigenvalue weighted by Crippen LogP contribution is 2.25. The van der Waals surface area contributed by atoms with E-state index in [1.165, 1.54) is 12.3 Å². The summed E-state index contributed by atoms with van der Waals surface area (Å²) in [7, 11) is 0. The van der Waals surface area contributed by atoms with Crippen LogP contribution in [-0.2, 0) is 6.42 Å². The number of hydrogen-bond donors (Lipinski definition) is 2. The van der Waals surface area contributed by atoms with Crippen LogP contribution in [0.4, 0.5) is 4.39 Å². The fourth-order valence-electron chi connectivity index (χ4n) is 2.01. The Morgan fingerprint density at radius 2 is 2.19 bits per heavy atom. The van der Waals surface area contributed by atoms with E-state index in [1.807, 2.05) is 0 Å². The summed E-state index contributed by atoms with van der Waals surface area (Å²) >= 11 is 5.76. The molecule has 0 radical (unpaired) electrons. The Morgan fingerprint density at radius 3 is 2.88 bits per heavy atom. The lowest BCUT2D eigenvalue weighted by Crippen LogP contribution is -2.43. The lowest BCUT2D eigenvalue weighted by Gasteiger charge is -2.32. The summed E-state index contributed by atoms with van der Waals surface area (Å²) in [5.74, 6) is -0.545. The van der Waals surface area contributed by atoms with Crippen LogP contribution in [0.1, 0.15) is 18.4 Å². The van der Waals surface area contributed by atoms with Gasteiger partial charge in [-0.05, 0) is 32.0 Å². The number of piperidine rings is 1. The largest absolute Gasteiger partial charge is 0.389 e. The third-order valence-corrected chi connectivity index (χ3v) is 3.14. The van der Waals surface area contributed by atoms with Gasteiger partial charge >= 0.3 is 0 Å². The molecule has 3 nitrogen and oxygen atoms in total. The van der Waals surface area contributed by atoms with Gasteiger partial charge < -0.3 is 10.4 Å². The molecule has 0 unspecified atom stereocenters. The summed E-state index contributed by atoms with van der Waals surface area (Å²) in [5, 5.41) is 13.8. The first kappa shape index (κ1) is 11.8. The van der Waals surface area contributed by atoms with Crippen molar-refractivity contribution >= 4 is 11.6 Å². The van der Waals surface area contributed by atoms with E-state index in [4.69, 9.17) is 11.6 Å². The molecule has 1 aliphatic heterocycles. The van der Waals surface area contributed by atoms with Crippen LogP contribution in [0.15, 0.2) is 12.3 Å². The van der Waals surface area contributed by atoms with Crippen LogP contribution in [0, 0.1) is 5.95 Å². The van der Waals surface area contributed by atoms with Gasteiger partial charge in [-0.15, -0.1) is 0 Å². The molecule has 2 rings (SSSR count). The Labute approximate surface area is 98.6 Å². The molecule has 0 aromatic carbocycles. The molecule has 0 bridgehead atoms. The molecular weight excluding hydrogens is 231 g/mol. The van der Waals surface area contributed by atoms with E-state index in [1.54, 1.807) is 0 Å². The number of aromatic nitrogens is 1. The number of rotatable bonds is 2. The Balaban J connectivity index is 2.15. The SMILES string of the molecule is OC1(Cc2cc(Cl)cnc2F)CCNCC1. The Morgan fingerprint density at radius 1 is 1.50 bits per heavy atom. The van der Waals surface area contributed by atoms with Crippen LogP contribution >= 0.6 is 11.6 Å². The van der Waals surface area contributed by atoms with Crippen molar-refractivity contribution in [1.29, 1.82) is 0 Å². The zero-order valence-corrected chi connectivity index (χ0v) is 9.60. The fourth-order valence-corrected chi connectivity index (χ4v) is 2.19. The zero-order valence-electron chi connectivity index (χ0n) is 8.84. The molecule has 0 aliphatic carbocycles. The lowest BCUT2D eigenvalue weighted by molar-refractivity contribution is 0.00999. The summed E-state index contributed by atoms with van der Waals surface area (Å²) in [6, 6.07) is 1.53. The zero-order chi connectivity index (χ0) is 11.6. The topological polar surface area (TPSA) is 45.2 Å². The number of aliphatic hydroxyl groups is 1. The van der Waals surface area contributed by atoms with Gasteiger partial charge in [0.1, 0.15) is 0 Å². The Bertz CT molecular complexity index is 380. The van der Waals surface area contributed by atoms with E-state index in [9.17, 15) is 9.50 Å². The van der Waals surface area contributed by atoms with Crippen LogP contribution in [0.2, 0.25) is 5.02 Å². The van der Waals surface area contributed by atoms with Crippen molar-refractivity contribution in [3.63, 3.8) is 0 Å². The summed E-state index contributed by atoms with van der Waals surface area (Å²) in [6.45, 7) is 1.51. The molecule has 0 spiro atoms. The van der Waals surface area contributed by atoms with Crippen molar-refractivity contribution in [2.24, 2.45) is 0 Å². The van der Waals surface area contributed by atoms with Gasteiger partial charge in [0.05, 0.1) is 10.6 Å². The maximum atomic E-state index is 13.4.